The van der Waals surface area contributed by atoms with E-state index in [4.69, 9.17) is 15.2 Å². The Labute approximate surface area is 83.1 Å². The molecule has 0 amide bonds. The Balaban J connectivity index is 3.27. The number of hydrogen-bond donors (Lipinski definition) is 3. The van der Waals surface area contributed by atoms with E-state index >= 15 is 0 Å². The third-order valence-corrected chi connectivity index (χ3v) is 2.02. The molecule has 0 saturated heterocycles. The second-order valence-corrected chi connectivity index (χ2v) is 3.33. The van der Waals surface area contributed by atoms with Crippen LogP contribution in [0.4, 0.5) is 0 Å². The highest BCUT2D eigenvalue weighted by Crippen LogP contribution is 2.10. The summed E-state index contributed by atoms with van der Waals surface area (Å²) in [6, 6.07) is 4.20. The molecule has 0 spiro atoms. The molecule has 68 valence electrons. The molecule has 4 nitrogen and oxygen atoms in total. The fourth-order valence-corrected chi connectivity index (χ4v) is 1.30. The summed E-state index contributed by atoms with van der Waals surface area (Å²) in [5.74, 6) is -1.19. The number of carboxylic acids is 1. The average molecular weight is 245 g/mol. The summed E-state index contributed by atoms with van der Waals surface area (Å²) >= 11 is 3.09. The van der Waals surface area contributed by atoms with Crippen molar-refractivity contribution in [3.05, 3.63) is 28.2 Å². The van der Waals surface area contributed by atoms with E-state index < -0.39 is 13.1 Å². The minimum atomic E-state index is -1.76. The van der Waals surface area contributed by atoms with E-state index in [-0.39, 0.29) is 11.0 Å². The van der Waals surface area contributed by atoms with Gasteiger partial charge in [0.25, 0.3) is 0 Å². The van der Waals surface area contributed by atoms with E-state index in [1.165, 1.54) is 12.1 Å². The van der Waals surface area contributed by atoms with Crippen molar-refractivity contribution in [3.63, 3.8) is 0 Å². The van der Waals surface area contributed by atoms with Crippen LogP contribution in [-0.4, -0.2) is 28.2 Å². The second kappa shape index (κ2) is 3.91. The van der Waals surface area contributed by atoms with E-state index in [0.717, 1.165) is 0 Å². The van der Waals surface area contributed by atoms with Crippen molar-refractivity contribution in [2.75, 3.05) is 0 Å². The van der Waals surface area contributed by atoms with Crippen molar-refractivity contribution < 1.29 is 19.9 Å². The molecular weight excluding hydrogens is 239 g/mol. The highest BCUT2D eigenvalue weighted by molar-refractivity contribution is 9.10. The van der Waals surface area contributed by atoms with Crippen molar-refractivity contribution in [2.45, 2.75) is 0 Å². The van der Waals surface area contributed by atoms with Crippen molar-refractivity contribution in [2.24, 2.45) is 0 Å². The monoisotopic (exact) mass is 244 g/mol. The summed E-state index contributed by atoms with van der Waals surface area (Å²) in [4.78, 5) is 10.6. The maximum Gasteiger partial charge on any atom is 0.489 e. The van der Waals surface area contributed by atoms with Gasteiger partial charge in [-0.2, -0.15) is 0 Å². The summed E-state index contributed by atoms with van der Waals surface area (Å²) in [5.41, 5.74) is -0.139. The topological polar surface area (TPSA) is 77.8 Å². The van der Waals surface area contributed by atoms with Crippen molar-refractivity contribution in [3.8, 4) is 0 Å². The molecule has 0 radical (unpaired) electrons. The lowest BCUT2D eigenvalue weighted by Crippen LogP contribution is -2.34. The molecule has 0 unspecified atom stereocenters. The lowest BCUT2D eigenvalue weighted by atomic mass is 9.77. The Hall–Kier alpha value is -0.845. The summed E-state index contributed by atoms with van der Waals surface area (Å²) in [6.45, 7) is 0. The first-order valence-electron chi connectivity index (χ1n) is 3.41. The Morgan fingerprint density at radius 1 is 1.38 bits per heavy atom. The van der Waals surface area contributed by atoms with Crippen LogP contribution in [0, 0.1) is 0 Å². The predicted molar refractivity (Wildman–Crippen MR) is 50.9 cm³/mol. The number of hydrogen-bond acceptors (Lipinski definition) is 3. The van der Waals surface area contributed by atoms with Gasteiger partial charge in [0.2, 0.25) is 0 Å². The van der Waals surface area contributed by atoms with Crippen LogP contribution in [0.1, 0.15) is 10.4 Å². The van der Waals surface area contributed by atoms with Gasteiger partial charge in [-0.3, -0.25) is 0 Å². The molecule has 0 bridgehead atoms. The van der Waals surface area contributed by atoms with Crippen LogP contribution < -0.4 is 5.46 Å². The van der Waals surface area contributed by atoms with Gasteiger partial charge in [-0.05, 0) is 17.6 Å². The molecule has 0 saturated carbocycles. The fourth-order valence-electron chi connectivity index (χ4n) is 0.939. The molecule has 1 rings (SSSR count). The Bertz CT molecular complexity index is 339. The van der Waals surface area contributed by atoms with Gasteiger partial charge in [-0.15, -0.1) is 0 Å². The SMILES string of the molecule is O=C(O)c1cc(Br)ccc1B(O)O. The Morgan fingerprint density at radius 3 is 2.46 bits per heavy atom. The molecule has 1 aromatic carbocycles. The third-order valence-electron chi connectivity index (χ3n) is 1.52. The smallest absolute Gasteiger partial charge is 0.478 e. The summed E-state index contributed by atoms with van der Waals surface area (Å²) in [7, 11) is -1.76. The average Bonchev–Trinajstić information content (AvgIpc) is 2.03. The zero-order valence-electron chi connectivity index (χ0n) is 6.44. The molecule has 0 aliphatic heterocycles. The van der Waals surface area contributed by atoms with Gasteiger partial charge >= 0.3 is 13.1 Å². The first-order chi connectivity index (χ1) is 6.02. The molecule has 0 aliphatic rings. The lowest BCUT2D eigenvalue weighted by Gasteiger charge is -2.04. The molecule has 0 heterocycles. The largest absolute Gasteiger partial charge is 0.489 e. The van der Waals surface area contributed by atoms with E-state index in [9.17, 15) is 4.79 Å². The molecule has 6 heteroatoms. The van der Waals surface area contributed by atoms with E-state index in [2.05, 4.69) is 15.9 Å². The molecule has 0 aromatic heterocycles. The second-order valence-electron chi connectivity index (χ2n) is 2.41. The van der Waals surface area contributed by atoms with Crippen LogP contribution in [0.2, 0.25) is 0 Å². The summed E-state index contributed by atoms with van der Waals surface area (Å²) < 4.78 is 0.578. The van der Waals surface area contributed by atoms with Gasteiger partial charge in [0.15, 0.2) is 0 Å². The highest BCUT2D eigenvalue weighted by atomic mass is 79.9. The van der Waals surface area contributed by atoms with E-state index in [1.807, 2.05) is 0 Å². The molecule has 3 N–H and O–H groups in total. The van der Waals surface area contributed by atoms with Crippen LogP contribution in [0.5, 0.6) is 0 Å². The summed E-state index contributed by atoms with van der Waals surface area (Å²) in [6.07, 6.45) is 0. The third kappa shape index (κ3) is 2.30. The maximum atomic E-state index is 10.6. The van der Waals surface area contributed by atoms with Gasteiger partial charge in [0, 0.05) is 4.47 Å². The Kier molecular flexibility index (Phi) is 3.08. The number of carboxylic acid groups (broad SMARTS) is 1. The molecular formula is C7H6BBrO4. The van der Waals surface area contributed by atoms with E-state index in [0.29, 0.717) is 4.47 Å². The van der Waals surface area contributed by atoms with E-state index in [1.54, 1.807) is 6.07 Å². The lowest BCUT2D eigenvalue weighted by molar-refractivity contribution is 0.0697. The van der Waals surface area contributed by atoms with Crippen LogP contribution in [-0.2, 0) is 0 Å². The van der Waals surface area contributed by atoms with Gasteiger partial charge in [0.05, 0.1) is 5.56 Å². The highest BCUT2D eigenvalue weighted by Gasteiger charge is 2.19. The molecule has 0 aliphatic carbocycles. The number of rotatable bonds is 2. The summed E-state index contributed by atoms with van der Waals surface area (Å²) in [5, 5.41) is 26.3. The van der Waals surface area contributed by atoms with Crippen LogP contribution in [0.25, 0.3) is 0 Å². The van der Waals surface area contributed by atoms with Gasteiger partial charge in [-0.1, -0.05) is 22.0 Å². The Morgan fingerprint density at radius 2 is 2.00 bits per heavy atom. The van der Waals surface area contributed by atoms with Crippen molar-refractivity contribution >= 4 is 34.5 Å². The number of carbonyl (C=O) groups is 1. The number of aromatic carboxylic acids is 1. The molecule has 0 fully saturated rings. The van der Waals surface area contributed by atoms with Gasteiger partial charge in [-0.25, -0.2) is 4.79 Å². The van der Waals surface area contributed by atoms with Gasteiger partial charge < -0.3 is 15.2 Å². The van der Waals surface area contributed by atoms with Crippen LogP contribution in [0.3, 0.4) is 0 Å². The van der Waals surface area contributed by atoms with Crippen molar-refractivity contribution in [1.82, 2.24) is 0 Å². The first-order valence-corrected chi connectivity index (χ1v) is 4.20. The van der Waals surface area contributed by atoms with Crippen LogP contribution in [0.15, 0.2) is 22.7 Å². The quantitative estimate of drug-likeness (QED) is 0.632. The molecule has 0 atom stereocenters. The normalized spacial score (nSPS) is 9.77. The minimum Gasteiger partial charge on any atom is -0.478 e. The van der Waals surface area contributed by atoms with Crippen molar-refractivity contribution in [1.29, 1.82) is 0 Å². The number of benzene rings is 1. The zero-order valence-corrected chi connectivity index (χ0v) is 8.02. The van der Waals surface area contributed by atoms with Crippen LogP contribution >= 0.6 is 15.9 Å². The number of halogens is 1. The molecule has 1 aromatic rings. The van der Waals surface area contributed by atoms with Gasteiger partial charge in [0.1, 0.15) is 0 Å². The first kappa shape index (κ1) is 10.2. The fraction of sp³-hybridized carbons (Fsp3) is 0. The minimum absolute atomic E-state index is 0.0179. The standard InChI is InChI=1S/C7H6BBrO4/c9-4-1-2-6(8(12)13)5(3-4)7(10)11/h1-3,12-13H,(H,10,11). The zero-order chi connectivity index (χ0) is 10.0. The predicted octanol–water partition coefficient (Wildman–Crippen LogP) is -0.173. The molecule has 13 heavy (non-hydrogen) atoms. The maximum absolute atomic E-state index is 10.6.